The number of carbonyl (C=O) groups is 2. The quantitative estimate of drug-likeness (QED) is 0.134. The van der Waals surface area contributed by atoms with Crippen molar-refractivity contribution in [1.29, 1.82) is 0 Å². The van der Waals surface area contributed by atoms with E-state index < -0.39 is 84.7 Å². The molecule has 10 atom stereocenters. The number of benzene rings is 3. The minimum Gasteiger partial charge on any atom is -0.394 e. The van der Waals surface area contributed by atoms with Gasteiger partial charge in [0.25, 0.3) is 11.8 Å². The summed E-state index contributed by atoms with van der Waals surface area (Å²) in [5.74, 6) is -0.826. The standard InChI is InChI=1S/C32H36N2O12S2/c35-13-21-23(37)25(39)27(41)31(45-21)47-19-9-5-17(6-10-19)33-29(43)15-1-2-16(4-3-15)30(44)34-18-7-11-20(12-8-18)48-32-28(42)26(40)24(38)22(14-36)46-32/h1-12,21-28,31-32,35-42H,13-14H2,(H,33,43)(H,34,44)/t21-,22-,23-,24-,25+,26+,27-,28-,31+,32+/m1/s1. The van der Waals surface area contributed by atoms with Crippen LogP contribution in [0.3, 0.4) is 0 Å². The number of nitrogens with one attached hydrogen (secondary N) is 2. The second-order valence-electron chi connectivity index (χ2n) is 11.2. The average molecular weight is 705 g/mol. The minimum atomic E-state index is -1.48. The van der Waals surface area contributed by atoms with Crippen LogP contribution >= 0.6 is 23.5 Å². The van der Waals surface area contributed by atoms with Gasteiger partial charge in [-0.2, -0.15) is 0 Å². The summed E-state index contributed by atoms with van der Waals surface area (Å²) < 4.78 is 11.0. The van der Waals surface area contributed by atoms with E-state index in [0.717, 1.165) is 23.5 Å². The van der Waals surface area contributed by atoms with Crippen LogP contribution in [-0.2, 0) is 9.47 Å². The molecule has 2 saturated heterocycles. The topological polar surface area (TPSA) is 238 Å². The Balaban J connectivity index is 1.11. The van der Waals surface area contributed by atoms with E-state index in [4.69, 9.17) is 9.47 Å². The van der Waals surface area contributed by atoms with Crippen molar-refractivity contribution in [2.24, 2.45) is 0 Å². The first-order valence-corrected chi connectivity index (χ1v) is 16.6. The van der Waals surface area contributed by atoms with Crippen molar-refractivity contribution in [3.8, 4) is 0 Å². The predicted octanol–water partition coefficient (Wildman–Crippen LogP) is -0.0248. The van der Waals surface area contributed by atoms with E-state index in [1.54, 1.807) is 48.5 Å². The van der Waals surface area contributed by atoms with E-state index in [1.807, 2.05) is 0 Å². The summed E-state index contributed by atoms with van der Waals surface area (Å²) in [6.07, 6.45) is -10.6. The Labute approximate surface area is 283 Å². The fourth-order valence-electron chi connectivity index (χ4n) is 5.01. The summed E-state index contributed by atoms with van der Waals surface area (Å²) in [5, 5.41) is 84.7. The van der Waals surface area contributed by atoms with Crippen molar-refractivity contribution in [3.63, 3.8) is 0 Å². The number of amides is 2. The zero-order chi connectivity index (χ0) is 34.5. The number of hydrogen-bond donors (Lipinski definition) is 10. The first kappa shape index (κ1) is 36.2. The first-order valence-electron chi connectivity index (χ1n) is 14.9. The van der Waals surface area contributed by atoms with Gasteiger partial charge in [-0.25, -0.2) is 0 Å². The fraction of sp³-hybridized carbons (Fsp3) is 0.375. The van der Waals surface area contributed by atoms with Crippen LogP contribution in [0.4, 0.5) is 11.4 Å². The summed E-state index contributed by atoms with van der Waals surface area (Å²) in [6, 6.07) is 19.3. The third kappa shape index (κ3) is 8.36. The lowest BCUT2D eigenvalue weighted by Crippen LogP contribution is -2.57. The number of thioether (sulfide) groups is 2. The Kier molecular flexibility index (Phi) is 12.1. The van der Waals surface area contributed by atoms with E-state index in [-0.39, 0.29) is 0 Å². The maximum Gasteiger partial charge on any atom is 0.255 e. The van der Waals surface area contributed by atoms with Crippen LogP contribution in [0.15, 0.2) is 82.6 Å². The zero-order valence-electron chi connectivity index (χ0n) is 25.1. The summed E-state index contributed by atoms with van der Waals surface area (Å²) in [4.78, 5) is 26.9. The summed E-state index contributed by atoms with van der Waals surface area (Å²) >= 11 is 2.18. The van der Waals surface area contributed by atoms with Gasteiger partial charge in [-0.3, -0.25) is 9.59 Å². The van der Waals surface area contributed by atoms with E-state index in [9.17, 15) is 50.4 Å². The molecule has 258 valence electrons. The molecule has 3 aromatic rings. The highest BCUT2D eigenvalue weighted by Gasteiger charge is 2.44. The Morgan fingerprint density at radius 2 is 0.854 bits per heavy atom. The Morgan fingerprint density at radius 1 is 0.521 bits per heavy atom. The Morgan fingerprint density at radius 3 is 1.17 bits per heavy atom. The molecule has 10 N–H and O–H groups in total. The average Bonchev–Trinajstić information content (AvgIpc) is 3.10. The SMILES string of the molecule is O=C(Nc1ccc(S[C@@H]2O[C@H](CO)[C@@H](O)[C@H](O)[C@H]2O)cc1)c1ccc(C(=O)Nc2ccc(S[C@@H]3O[C@H](CO)[C@@H](O)[C@H](O)[C@H]3O)cc2)cc1. The van der Waals surface area contributed by atoms with Gasteiger partial charge in [0.1, 0.15) is 59.7 Å². The van der Waals surface area contributed by atoms with Crippen LogP contribution < -0.4 is 10.6 Å². The van der Waals surface area contributed by atoms with Crippen LogP contribution in [0.5, 0.6) is 0 Å². The first-order chi connectivity index (χ1) is 23.0. The highest BCUT2D eigenvalue weighted by molar-refractivity contribution is 8.00. The van der Waals surface area contributed by atoms with Gasteiger partial charge in [-0.15, -0.1) is 0 Å². The van der Waals surface area contributed by atoms with E-state index in [2.05, 4.69) is 10.6 Å². The van der Waals surface area contributed by atoms with Crippen LogP contribution in [0.1, 0.15) is 20.7 Å². The minimum absolute atomic E-state index is 0.306. The molecule has 48 heavy (non-hydrogen) atoms. The molecule has 2 heterocycles. The molecule has 0 aromatic heterocycles. The second kappa shape index (κ2) is 16.1. The molecule has 14 nitrogen and oxygen atoms in total. The number of anilines is 2. The molecule has 2 amide bonds. The largest absolute Gasteiger partial charge is 0.394 e. The molecule has 0 radical (unpaired) electrons. The van der Waals surface area contributed by atoms with Gasteiger partial charge in [-0.1, -0.05) is 23.5 Å². The molecule has 0 bridgehead atoms. The number of carbonyl (C=O) groups excluding carboxylic acids is 2. The van der Waals surface area contributed by atoms with Crippen LogP contribution in [0.25, 0.3) is 0 Å². The lowest BCUT2D eigenvalue weighted by molar-refractivity contribution is -0.205. The highest BCUT2D eigenvalue weighted by atomic mass is 32.2. The molecule has 2 fully saturated rings. The number of rotatable bonds is 10. The van der Waals surface area contributed by atoms with Crippen molar-refractivity contribution >= 4 is 46.7 Å². The molecular formula is C32H36N2O12S2. The number of hydrogen-bond acceptors (Lipinski definition) is 14. The van der Waals surface area contributed by atoms with Crippen LogP contribution in [0, 0.1) is 0 Å². The van der Waals surface area contributed by atoms with Gasteiger partial charge in [-0.05, 0) is 72.8 Å². The molecule has 16 heteroatoms. The van der Waals surface area contributed by atoms with Crippen LogP contribution in [-0.4, -0.2) is 126 Å². The van der Waals surface area contributed by atoms with Crippen LogP contribution in [0.2, 0.25) is 0 Å². The maximum absolute atomic E-state index is 12.8. The normalized spacial score (nSPS) is 30.4. The smallest absolute Gasteiger partial charge is 0.255 e. The van der Waals surface area contributed by atoms with Crippen molar-refractivity contribution in [2.75, 3.05) is 23.8 Å². The highest BCUT2D eigenvalue weighted by Crippen LogP contribution is 2.35. The summed E-state index contributed by atoms with van der Waals surface area (Å²) in [7, 11) is 0. The number of ether oxygens (including phenoxy) is 2. The molecule has 3 aromatic carbocycles. The van der Waals surface area contributed by atoms with Crippen molar-refractivity contribution in [2.45, 2.75) is 69.5 Å². The Hall–Kier alpha value is -3.10. The van der Waals surface area contributed by atoms with Crippen molar-refractivity contribution in [3.05, 3.63) is 83.9 Å². The van der Waals surface area contributed by atoms with Gasteiger partial charge >= 0.3 is 0 Å². The lowest BCUT2D eigenvalue weighted by atomic mass is 10.0. The molecule has 0 aliphatic carbocycles. The van der Waals surface area contributed by atoms with E-state index >= 15 is 0 Å². The maximum atomic E-state index is 12.8. The van der Waals surface area contributed by atoms with Gasteiger partial charge in [0.05, 0.1) is 13.2 Å². The van der Waals surface area contributed by atoms with Gasteiger partial charge < -0.3 is 61.0 Å². The molecular weight excluding hydrogens is 668 g/mol. The molecule has 2 aliphatic rings. The monoisotopic (exact) mass is 704 g/mol. The molecule has 0 unspecified atom stereocenters. The molecule has 0 spiro atoms. The zero-order valence-corrected chi connectivity index (χ0v) is 26.8. The summed E-state index contributed by atoms with van der Waals surface area (Å²) in [5.41, 5.74) is -0.289. The van der Waals surface area contributed by atoms with E-state index in [0.29, 0.717) is 32.3 Å². The molecule has 0 saturated carbocycles. The van der Waals surface area contributed by atoms with Gasteiger partial charge in [0.15, 0.2) is 0 Å². The Bertz CT molecular complexity index is 1410. The number of aliphatic hydroxyl groups is 8. The summed E-state index contributed by atoms with van der Waals surface area (Å²) in [6.45, 7) is -1.05. The number of aliphatic hydroxyl groups excluding tert-OH is 8. The third-order valence-electron chi connectivity index (χ3n) is 7.84. The lowest BCUT2D eigenvalue weighted by Gasteiger charge is -2.39. The second-order valence-corrected chi connectivity index (χ2v) is 13.5. The predicted molar refractivity (Wildman–Crippen MR) is 174 cm³/mol. The van der Waals surface area contributed by atoms with Crippen molar-refractivity contribution < 1.29 is 59.9 Å². The molecule has 5 rings (SSSR count). The van der Waals surface area contributed by atoms with Gasteiger partial charge in [0.2, 0.25) is 0 Å². The van der Waals surface area contributed by atoms with E-state index in [1.165, 1.54) is 24.3 Å². The van der Waals surface area contributed by atoms with Crippen molar-refractivity contribution in [1.82, 2.24) is 0 Å². The molecule has 2 aliphatic heterocycles. The third-order valence-corrected chi connectivity index (χ3v) is 10.2. The fourth-order valence-corrected chi connectivity index (χ4v) is 7.13. The van der Waals surface area contributed by atoms with Gasteiger partial charge in [0, 0.05) is 32.3 Å².